The van der Waals surface area contributed by atoms with E-state index in [-0.39, 0.29) is 11.1 Å². The predicted octanol–water partition coefficient (Wildman–Crippen LogP) is 1.55. The number of benzene rings is 1. The average molecular weight is 343 g/mol. The maximum atomic E-state index is 11.9. The summed E-state index contributed by atoms with van der Waals surface area (Å²) in [4.78, 5) is 23.7. The van der Waals surface area contributed by atoms with Crippen LogP contribution in [0.2, 0.25) is 0 Å². The van der Waals surface area contributed by atoms with Crippen LogP contribution in [0.25, 0.3) is 11.3 Å². The van der Waals surface area contributed by atoms with Crippen molar-refractivity contribution in [2.24, 2.45) is 0 Å². The van der Waals surface area contributed by atoms with Crippen LogP contribution in [0.5, 0.6) is 11.5 Å². The lowest BCUT2D eigenvalue weighted by Crippen LogP contribution is -2.14. The second-order valence-electron chi connectivity index (χ2n) is 5.24. The molecule has 0 spiro atoms. The molecule has 2 heterocycles. The number of pyridine rings is 1. The van der Waals surface area contributed by atoms with E-state index in [0.717, 1.165) is 5.75 Å². The number of aromatic amines is 1. The van der Waals surface area contributed by atoms with Gasteiger partial charge in [0.05, 0.1) is 26.3 Å². The molecule has 1 aromatic carbocycles. The molecule has 130 valence electrons. The number of hydrogen-bond acceptors (Lipinski definition) is 6. The standard InChI is InChI=1S/C17H17N3O5/c1-23-11-3-5-12(6-4-11)25-8-7-20-9-13-15(18-19-16(13)21)14(10-20)17(22)24-2/h3-6,9-10H,7-8H2,1-2H3,(H,19,21). The first-order valence-electron chi connectivity index (χ1n) is 7.55. The van der Waals surface area contributed by atoms with Crippen molar-refractivity contribution >= 4 is 5.97 Å². The molecule has 2 aliphatic rings. The van der Waals surface area contributed by atoms with Crippen LogP contribution in [-0.4, -0.2) is 41.6 Å². The third kappa shape index (κ3) is 3.47. The summed E-state index contributed by atoms with van der Waals surface area (Å²) in [6, 6.07) is 7.22. The predicted molar refractivity (Wildman–Crippen MR) is 89.3 cm³/mol. The van der Waals surface area contributed by atoms with Crippen molar-refractivity contribution in [3.63, 3.8) is 0 Å². The Hall–Kier alpha value is -3.29. The summed E-state index contributed by atoms with van der Waals surface area (Å²) in [5.74, 6) is 0.892. The summed E-state index contributed by atoms with van der Waals surface area (Å²) in [5.41, 5.74) is 0.491. The minimum Gasteiger partial charge on any atom is -0.497 e. The lowest BCUT2D eigenvalue weighted by atomic mass is 10.1. The number of rotatable bonds is 6. The van der Waals surface area contributed by atoms with Gasteiger partial charge in [-0.25, -0.2) is 9.89 Å². The van der Waals surface area contributed by atoms with Crippen LogP contribution in [0.15, 0.2) is 41.5 Å². The Bertz CT molecular complexity index is 898. The Morgan fingerprint density at radius 2 is 1.88 bits per heavy atom. The molecule has 3 rings (SSSR count). The zero-order chi connectivity index (χ0) is 17.8. The van der Waals surface area contributed by atoms with E-state index in [1.165, 1.54) is 7.11 Å². The van der Waals surface area contributed by atoms with Crippen LogP contribution in [-0.2, 0) is 11.3 Å². The molecule has 0 aliphatic carbocycles. The molecule has 0 atom stereocenters. The van der Waals surface area contributed by atoms with E-state index in [0.29, 0.717) is 30.2 Å². The van der Waals surface area contributed by atoms with Gasteiger partial charge in [-0.2, -0.15) is 5.10 Å². The monoisotopic (exact) mass is 343 g/mol. The second kappa shape index (κ2) is 7.08. The van der Waals surface area contributed by atoms with Crippen LogP contribution in [0, 0.1) is 0 Å². The van der Waals surface area contributed by atoms with E-state index in [4.69, 9.17) is 14.2 Å². The molecule has 0 unspecified atom stereocenters. The summed E-state index contributed by atoms with van der Waals surface area (Å²) >= 11 is 0. The van der Waals surface area contributed by atoms with Crippen LogP contribution < -0.4 is 15.0 Å². The molecule has 0 fully saturated rings. The van der Waals surface area contributed by atoms with Gasteiger partial charge in [0.25, 0.3) is 5.56 Å². The first kappa shape index (κ1) is 16.6. The molecule has 8 nitrogen and oxygen atoms in total. The maximum Gasteiger partial charge on any atom is 0.341 e. The molecule has 0 radical (unpaired) electrons. The minimum absolute atomic E-state index is 0.225. The third-order valence-corrected chi connectivity index (χ3v) is 3.70. The fraction of sp³-hybridized carbons (Fsp3) is 0.235. The minimum atomic E-state index is -0.554. The second-order valence-corrected chi connectivity index (χ2v) is 5.24. The third-order valence-electron chi connectivity index (χ3n) is 3.70. The SMILES string of the molecule is COC(=O)c1cn(CCOc2ccc(OC)cc2)cc2c(=O)[nH]nc1-2. The summed E-state index contributed by atoms with van der Waals surface area (Å²) in [5, 5.41) is 6.22. The Morgan fingerprint density at radius 3 is 2.56 bits per heavy atom. The van der Waals surface area contributed by atoms with Crippen LogP contribution in [0.3, 0.4) is 0 Å². The highest BCUT2D eigenvalue weighted by Crippen LogP contribution is 2.21. The van der Waals surface area contributed by atoms with Crippen molar-refractivity contribution < 1.29 is 19.0 Å². The molecule has 8 heteroatoms. The molecule has 0 bridgehead atoms. The lowest BCUT2D eigenvalue weighted by molar-refractivity contribution is 0.0600. The van der Waals surface area contributed by atoms with E-state index in [9.17, 15) is 9.59 Å². The van der Waals surface area contributed by atoms with Gasteiger partial charge in [-0.15, -0.1) is 0 Å². The highest BCUT2D eigenvalue weighted by Gasteiger charge is 2.21. The van der Waals surface area contributed by atoms with E-state index >= 15 is 0 Å². The Balaban J connectivity index is 1.76. The molecule has 0 saturated heterocycles. The van der Waals surface area contributed by atoms with Gasteiger partial charge in [0.15, 0.2) is 0 Å². The van der Waals surface area contributed by atoms with Gasteiger partial charge in [0.1, 0.15) is 29.4 Å². The van der Waals surface area contributed by atoms with Gasteiger partial charge < -0.3 is 18.8 Å². The van der Waals surface area contributed by atoms with Crippen LogP contribution >= 0.6 is 0 Å². The summed E-state index contributed by atoms with van der Waals surface area (Å²) < 4.78 is 17.2. The van der Waals surface area contributed by atoms with Gasteiger partial charge in [0.2, 0.25) is 0 Å². The number of H-pyrrole nitrogens is 1. The van der Waals surface area contributed by atoms with Crippen LogP contribution in [0.1, 0.15) is 10.4 Å². The molecule has 0 amide bonds. The lowest BCUT2D eigenvalue weighted by Gasteiger charge is -2.12. The molecular formula is C17H17N3O5. The summed E-state index contributed by atoms with van der Waals surface area (Å²) in [6.45, 7) is 0.797. The van der Waals surface area contributed by atoms with E-state index in [1.54, 1.807) is 48.3 Å². The van der Waals surface area contributed by atoms with Gasteiger partial charge in [-0.05, 0) is 24.3 Å². The normalized spacial score (nSPS) is 10.6. The van der Waals surface area contributed by atoms with E-state index < -0.39 is 5.97 Å². The highest BCUT2D eigenvalue weighted by atomic mass is 16.5. The molecular weight excluding hydrogens is 326 g/mol. The van der Waals surface area contributed by atoms with Gasteiger partial charge >= 0.3 is 5.97 Å². The summed E-state index contributed by atoms with van der Waals surface area (Å²) in [6.07, 6.45) is 3.22. The van der Waals surface area contributed by atoms with Crippen molar-refractivity contribution in [2.45, 2.75) is 6.54 Å². The number of carbonyl (C=O) groups is 1. The zero-order valence-electron chi connectivity index (χ0n) is 13.8. The zero-order valence-corrected chi connectivity index (χ0v) is 13.8. The van der Waals surface area contributed by atoms with E-state index in [2.05, 4.69) is 10.2 Å². The molecule has 1 aromatic rings. The molecule has 2 aliphatic heterocycles. The highest BCUT2D eigenvalue weighted by molar-refractivity contribution is 5.95. The fourth-order valence-electron chi connectivity index (χ4n) is 2.42. The smallest absolute Gasteiger partial charge is 0.341 e. The number of esters is 1. The van der Waals surface area contributed by atoms with Crippen molar-refractivity contribution in [3.05, 3.63) is 52.6 Å². The molecule has 1 N–H and O–H groups in total. The number of ether oxygens (including phenoxy) is 3. The number of fused-ring (bicyclic) bond motifs is 1. The molecule has 0 aromatic heterocycles. The number of nitrogens with zero attached hydrogens (tertiary/aromatic N) is 2. The number of hydrogen-bond donors (Lipinski definition) is 1. The largest absolute Gasteiger partial charge is 0.497 e. The first-order chi connectivity index (χ1) is 12.1. The quantitative estimate of drug-likeness (QED) is 0.682. The Kier molecular flexibility index (Phi) is 4.69. The fourth-order valence-corrected chi connectivity index (χ4v) is 2.42. The van der Waals surface area contributed by atoms with Gasteiger partial charge in [0, 0.05) is 12.4 Å². The molecule has 25 heavy (non-hydrogen) atoms. The number of methoxy groups -OCH3 is 2. The first-order valence-corrected chi connectivity index (χ1v) is 7.55. The van der Waals surface area contributed by atoms with Crippen molar-refractivity contribution in [1.82, 2.24) is 14.8 Å². The maximum absolute atomic E-state index is 11.9. The summed E-state index contributed by atoms with van der Waals surface area (Å²) in [7, 11) is 2.88. The number of carbonyl (C=O) groups excluding carboxylic acids is 1. The van der Waals surface area contributed by atoms with Gasteiger partial charge in [-0.3, -0.25) is 4.79 Å². The Morgan fingerprint density at radius 1 is 1.16 bits per heavy atom. The van der Waals surface area contributed by atoms with Crippen LogP contribution in [0.4, 0.5) is 0 Å². The van der Waals surface area contributed by atoms with Crippen molar-refractivity contribution in [2.75, 3.05) is 20.8 Å². The van der Waals surface area contributed by atoms with Crippen molar-refractivity contribution in [1.29, 1.82) is 0 Å². The van der Waals surface area contributed by atoms with E-state index in [1.807, 2.05) is 0 Å². The van der Waals surface area contributed by atoms with Crippen molar-refractivity contribution in [3.8, 4) is 22.8 Å². The van der Waals surface area contributed by atoms with Gasteiger partial charge in [-0.1, -0.05) is 0 Å². The average Bonchev–Trinajstić information content (AvgIpc) is 3.02. The topological polar surface area (TPSA) is 95.4 Å². The number of nitrogens with one attached hydrogen (secondary N) is 1. The molecule has 0 saturated carbocycles. The Labute approximate surface area is 143 Å². The number of aromatic nitrogens is 3.